The number of carbonyl (C=O) groups is 1. The predicted molar refractivity (Wildman–Crippen MR) is 94.8 cm³/mol. The molecule has 7 heteroatoms. The summed E-state index contributed by atoms with van der Waals surface area (Å²) < 4.78 is 23.5. The molecule has 24 heavy (non-hydrogen) atoms. The molecule has 0 aliphatic carbocycles. The van der Waals surface area contributed by atoms with E-state index in [1.165, 1.54) is 6.07 Å². The summed E-state index contributed by atoms with van der Waals surface area (Å²) in [4.78, 5) is 12.2. The summed E-state index contributed by atoms with van der Waals surface area (Å²) in [6.07, 6.45) is 1.12. The molecule has 0 radical (unpaired) electrons. The molecule has 2 rings (SSSR count). The number of hydrogen-bond acceptors (Lipinski definition) is 3. The molecule has 0 aliphatic heterocycles. The van der Waals surface area contributed by atoms with E-state index < -0.39 is 9.84 Å². The number of para-hydroxylation sites is 1. The van der Waals surface area contributed by atoms with Crippen molar-refractivity contribution in [2.24, 2.45) is 0 Å². The minimum atomic E-state index is -3.40. The van der Waals surface area contributed by atoms with Crippen molar-refractivity contribution < 1.29 is 18.5 Å². The molecule has 128 valence electrons. The maximum atomic E-state index is 12.1. The first-order chi connectivity index (χ1) is 11.3. The molecule has 3 N–H and O–H groups in total. The molecule has 0 bridgehead atoms. The molecule has 0 aliphatic rings. The van der Waals surface area contributed by atoms with Gasteiger partial charge in [-0.2, -0.15) is 0 Å². The second kappa shape index (κ2) is 7.79. The molecule has 0 saturated carbocycles. The Labute approximate surface area is 147 Å². The Kier molecular flexibility index (Phi) is 5.99. The zero-order valence-corrected chi connectivity index (χ0v) is 15.1. The van der Waals surface area contributed by atoms with Crippen LogP contribution in [0.4, 0.5) is 5.69 Å². The first kappa shape index (κ1) is 18.4. The van der Waals surface area contributed by atoms with E-state index in [0.29, 0.717) is 10.7 Å². The van der Waals surface area contributed by atoms with Crippen molar-refractivity contribution >= 4 is 33.0 Å². The van der Waals surface area contributed by atoms with Crippen molar-refractivity contribution in [3.8, 4) is 0 Å². The molecule has 1 atom stereocenters. The van der Waals surface area contributed by atoms with Gasteiger partial charge in [0.25, 0.3) is 5.91 Å². The predicted octanol–water partition coefficient (Wildman–Crippen LogP) is 2.01. The van der Waals surface area contributed by atoms with Gasteiger partial charge in [0.1, 0.15) is 6.04 Å². The van der Waals surface area contributed by atoms with Crippen LogP contribution in [0.2, 0.25) is 5.02 Å². The summed E-state index contributed by atoms with van der Waals surface area (Å²) in [7, 11) is -3.40. The fraction of sp³-hybridized carbons (Fsp3) is 0.235. The molecule has 0 aromatic heterocycles. The Bertz CT molecular complexity index is 837. The van der Waals surface area contributed by atoms with Crippen LogP contribution < -0.4 is 10.6 Å². The Hall–Kier alpha value is -1.89. The van der Waals surface area contributed by atoms with Crippen LogP contribution in [-0.2, 0) is 14.6 Å². The Morgan fingerprint density at radius 1 is 1.21 bits per heavy atom. The van der Waals surface area contributed by atoms with Crippen molar-refractivity contribution in [3.05, 3.63) is 59.1 Å². The number of carbonyl (C=O) groups excluding carboxylic acids is 1. The third kappa shape index (κ3) is 5.06. The van der Waals surface area contributed by atoms with Crippen LogP contribution in [0.5, 0.6) is 0 Å². The average Bonchev–Trinajstić information content (AvgIpc) is 2.52. The highest BCUT2D eigenvalue weighted by Gasteiger charge is 2.16. The van der Waals surface area contributed by atoms with Crippen LogP contribution in [0.25, 0.3) is 0 Å². The Morgan fingerprint density at radius 2 is 1.92 bits per heavy atom. The van der Waals surface area contributed by atoms with Gasteiger partial charge < -0.3 is 10.6 Å². The van der Waals surface area contributed by atoms with E-state index in [0.717, 1.165) is 11.8 Å². The van der Waals surface area contributed by atoms with Crippen LogP contribution >= 0.6 is 11.6 Å². The van der Waals surface area contributed by atoms with Gasteiger partial charge in [-0.15, -0.1) is 0 Å². The van der Waals surface area contributed by atoms with E-state index in [1.807, 2.05) is 30.4 Å². The number of halogens is 1. The fourth-order valence-corrected chi connectivity index (χ4v) is 3.35. The molecule has 0 saturated heterocycles. The van der Waals surface area contributed by atoms with Crippen molar-refractivity contribution in [2.45, 2.75) is 17.9 Å². The second-order valence-electron chi connectivity index (χ2n) is 5.60. The van der Waals surface area contributed by atoms with Crippen LogP contribution in [-0.4, -0.2) is 27.1 Å². The number of rotatable bonds is 6. The van der Waals surface area contributed by atoms with E-state index in [4.69, 9.17) is 11.6 Å². The topological polar surface area (TPSA) is 79.8 Å². The highest BCUT2D eigenvalue weighted by Crippen LogP contribution is 2.20. The standard InChI is InChI=1S/C17H19ClN2O3S/c1-12(13-6-5-7-14(18)10-13)19-11-17(21)20-15-8-3-4-9-16(15)24(2,22)23/h3-10,12,19H,11H2,1-2H3,(H,20,21)/p+1/t12-/m0/s1. The number of amides is 1. The number of hydrogen-bond donors (Lipinski definition) is 2. The van der Waals surface area contributed by atoms with Crippen LogP contribution in [0.1, 0.15) is 18.5 Å². The Morgan fingerprint density at radius 3 is 2.58 bits per heavy atom. The van der Waals surface area contributed by atoms with Gasteiger partial charge in [-0.25, -0.2) is 8.42 Å². The van der Waals surface area contributed by atoms with E-state index in [1.54, 1.807) is 24.3 Å². The lowest BCUT2D eigenvalue weighted by Crippen LogP contribution is -2.86. The summed E-state index contributed by atoms with van der Waals surface area (Å²) in [6, 6.07) is 13.9. The lowest BCUT2D eigenvalue weighted by molar-refractivity contribution is -0.682. The minimum Gasteiger partial charge on any atom is -0.333 e. The Balaban J connectivity index is 2.00. The number of benzene rings is 2. The van der Waals surface area contributed by atoms with Gasteiger partial charge in [0, 0.05) is 16.8 Å². The van der Waals surface area contributed by atoms with Gasteiger partial charge in [-0.3, -0.25) is 4.79 Å². The highest BCUT2D eigenvalue weighted by molar-refractivity contribution is 7.90. The van der Waals surface area contributed by atoms with Crippen molar-refractivity contribution in [1.82, 2.24) is 0 Å². The van der Waals surface area contributed by atoms with Gasteiger partial charge in [-0.05, 0) is 31.2 Å². The SMILES string of the molecule is C[C@H]([NH2+]CC(=O)Nc1ccccc1S(C)(=O)=O)c1cccc(Cl)c1. The lowest BCUT2D eigenvalue weighted by Gasteiger charge is -2.12. The average molecular weight is 368 g/mol. The monoisotopic (exact) mass is 367 g/mol. The lowest BCUT2D eigenvalue weighted by atomic mass is 10.1. The molecule has 0 unspecified atom stereocenters. The smallest absolute Gasteiger partial charge is 0.279 e. The van der Waals surface area contributed by atoms with Gasteiger partial charge in [-0.1, -0.05) is 35.9 Å². The largest absolute Gasteiger partial charge is 0.333 e. The summed E-state index contributed by atoms with van der Waals surface area (Å²) in [5, 5.41) is 5.18. The van der Waals surface area contributed by atoms with Crippen molar-refractivity contribution in [1.29, 1.82) is 0 Å². The first-order valence-corrected chi connectivity index (χ1v) is 9.72. The summed E-state index contributed by atoms with van der Waals surface area (Å²) >= 11 is 5.97. The molecule has 0 heterocycles. The van der Waals surface area contributed by atoms with Crippen molar-refractivity contribution in [2.75, 3.05) is 18.1 Å². The molecular formula is C17H20ClN2O3S+. The molecule has 5 nitrogen and oxygen atoms in total. The van der Waals surface area contributed by atoms with E-state index >= 15 is 0 Å². The summed E-state index contributed by atoms with van der Waals surface area (Å²) in [5.74, 6) is -0.264. The first-order valence-electron chi connectivity index (χ1n) is 7.45. The third-order valence-electron chi connectivity index (χ3n) is 3.59. The quantitative estimate of drug-likeness (QED) is 0.819. The molecule has 0 spiro atoms. The van der Waals surface area contributed by atoms with Crippen LogP contribution in [0.3, 0.4) is 0 Å². The van der Waals surface area contributed by atoms with Gasteiger partial charge in [0.2, 0.25) is 0 Å². The zero-order chi connectivity index (χ0) is 17.7. The van der Waals surface area contributed by atoms with E-state index in [9.17, 15) is 13.2 Å². The maximum Gasteiger partial charge on any atom is 0.279 e. The van der Waals surface area contributed by atoms with Crippen LogP contribution in [0.15, 0.2) is 53.4 Å². The van der Waals surface area contributed by atoms with Gasteiger partial charge in [0.05, 0.1) is 10.6 Å². The number of nitrogens with two attached hydrogens (primary N) is 1. The van der Waals surface area contributed by atoms with E-state index in [-0.39, 0.29) is 23.4 Å². The third-order valence-corrected chi connectivity index (χ3v) is 4.98. The molecular weight excluding hydrogens is 348 g/mol. The maximum absolute atomic E-state index is 12.1. The minimum absolute atomic E-state index is 0.0552. The highest BCUT2D eigenvalue weighted by atomic mass is 35.5. The number of nitrogens with one attached hydrogen (secondary N) is 1. The van der Waals surface area contributed by atoms with Crippen molar-refractivity contribution in [3.63, 3.8) is 0 Å². The van der Waals surface area contributed by atoms with E-state index in [2.05, 4.69) is 5.32 Å². The fourth-order valence-electron chi connectivity index (χ4n) is 2.30. The van der Waals surface area contributed by atoms with Gasteiger partial charge >= 0.3 is 0 Å². The molecule has 0 fully saturated rings. The summed E-state index contributed by atoms with van der Waals surface area (Å²) in [5.41, 5.74) is 1.32. The number of sulfone groups is 1. The zero-order valence-electron chi connectivity index (χ0n) is 13.5. The van der Waals surface area contributed by atoms with Crippen LogP contribution in [0, 0.1) is 0 Å². The second-order valence-corrected chi connectivity index (χ2v) is 8.02. The summed E-state index contributed by atoms with van der Waals surface area (Å²) in [6.45, 7) is 2.15. The normalized spacial score (nSPS) is 12.6. The molecule has 2 aromatic rings. The van der Waals surface area contributed by atoms with Gasteiger partial charge in [0.15, 0.2) is 16.4 Å². The number of anilines is 1. The molecule has 1 amide bonds. The number of quaternary nitrogens is 1. The molecule has 2 aromatic carbocycles.